The fourth-order valence-electron chi connectivity index (χ4n) is 3.48. The van der Waals surface area contributed by atoms with Crippen molar-refractivity contribution in [1.29, 1.82) is 5.26 Å². The van der Waals surface area contributed by atoms with E-state index in [2.05, 4.69) is 6.07 Å². The first-order valence-corrected chi connectivity index (χ1v) is 9.87. The molecule has 6 nitrogen and oxygen atoms in total. The van der Waals surface area contributed by atoms with Crippen molar-refractivity contribution in [2.75, 3.05) is 19.6 Å². The summed E-state index contributed by atoms with van der Waals surface area (Å²) < 4.78 is 5.36. The van der Waals surface area contributed by atoms with Crippen molar-refractivity contribution >= 4 is 17.9 Å². The van der Waals surface area contributed by atoms with E-state index in [1.165, 1.54) is 0 Å². The van der Waals surface area contributed by atoms with Crippen LogP contribution in [0.3, 0.4) is 0 Å². The molecule has 150 valence electrons. The lowest BCUT2D eigenvalue weighted by Gasteiger charge is -2.33. The molecule has 0 radical (unpaired) electrons. The number of carbonyl (C=O) groups is 2. The molecular weight excluding hydrogens is 366 g/mol. The van der Waals surface area contributed by atoms with Crippen LogP contribution in [0.2, 0.25) is 0 Å². The second-order valence-electron chi connectivity index (χ2n) is 7.09. The van der Waals surface area contributed by atoms with Gasteiger partial charge in [0.1, 0.15) is 5.76 Å². The predicted octanol–water partition coefficient (Wildman–Crippen LogP) is 3.47. The topological polar surface area (TPSA) is 77.6 Å². The van der Waals surface area contributed by atoms with E-state index in [0.29, 0.717) is 44.8 Å². The molecule has 29 heavy (non-hydrogen) atoms. The first-order valence-electron chi connectivity index (χ1n) is 9.87. The molecule has 3 rings (SSSR count). The normalized spacial score (nSPS) is 14.7. The molecule has 6 heteroatoms. The molecule has 0 bridgehead atoms. The van der Waals surface area contributed by atoms with Crippen molar-refractivity contribution in [2.24, 2.45) is 5.92 Å². The van der Waals surface area contributed by atoms with E-state index in [1.54, 1.807) is 28.2 Å². The van der Waals surface area contributed by atoms with Gasteiger partial charge in [0, 0.05) is 31.6 Å². The summed E-state index contributed by atoms with van der Waals surface area (Å²) in [5.41, 5.74) is 0.983. The van der Waals surface area contributed by atoms with Crippen LogP contribution in [0.4, 0.5) is 0 Å². The fraction of sp³-hybridized carbons (Fsp3) is 0.348. The summed E-state index contributed by atoms with van der Waals surface area (Å²) in [4.78, 5) is 28.9. The van der Waals surface area contributed by atoms with Crippen LogP contribution in [0.5, 0.6) is 0 Å². The van der Waals surface area contributed by atoms with Crippen molar-refractivity contribution < 1.29 is 14.0 Å². The first kappa shape index (κ1) is 20.4. The van der Waals surface area contributed by atoms with Crippen LogP contribution in [0.25, 0.3) is 6.08 Å². The maximum absolute atomic E-state index is 13.0. The van der Waals surface area contributed by atoms with Crippen LogP contribution >= 0.6 is 0 Å². The lowest BCUT2D eigenvalue weighted by molar-refractivity contribution is -0.140. The van der Waals surface area contributed by atoms with Gasteiger partial charge in [0.05, 0.1) is 25.3 Å². The zero-order valence-electron chi connectivity index (χ0n) is 16.4. The largest absolute Gasteiger partial charge is 0.467 e. The summed E-state index contributed by atoms with van der Waals surface area (Å²) in [6.45, 7) is 1.86. The van der Waals surface area contributed by atoms with Crippen molar-refractivity contribution in [2.45, 2.75) is 25.8 Å². The number of nitrogens with zero attached hydrogens (tertiary/aromatic N) is 3. The molecule has 1 aliphatic heterocycles. The van der Waals surface area contributed by atoms with Gasteiger partial charge in [-0.2, -0.15) is 5.26 Å². The minimum atomic E-state index is -0.134. The van der Waals surface area contributed by atoms with Gasteiger partial charge in [-0.1, -0.05) is 30.3 Å². The number of hydrogen-bond donors (Lipinski definition) is 0. The monoisotopic (exact) mass is 391 g/mol. The molecule has 0 N–H and O–H groups in total. The lowest BCUT2D eigenvalue weighted by Crippen LogP contribution is -2.44. The molecule has 2 amide bonds. The van der Waals surface area contributed by atoms with E-state index >= 15 is 0 Å². The maximum atomic E-state index is 13.0. The summed E-state index contributed by atoms with van der Waals surface area (Å²) in [5.74, 6) is 0.570. The smallest absolute Gasteiger partial charge is 0.246 e. The molecule has 0 aliphatic carbocycles. The van der Waals surface area contributed by atoms with Gasteiger partial charge in [-0.05, 0) is 36.6 Å². The summed E-state index contributed by atoms with van der Waals surface area (Å²) in [7, 11) is 0. The Labute approximate surface area is 171 Å². The molecule has 1 aromatic carbocycles. The second kappa shape index (κ2) is 10.3. The zero-order chi connectivity index (χ0) is 20.5. The summed E-state index contributed by atoms with van der Waals surface area (Å²) in [6.07, 6.45) is 6.53. The van der Waals surface area contributed by atoms with E-state index < -0.39 is 0 Å². The number of likely N-dealkylation sites (tertiary alicyclic amines) is 1. The third-order valence-electron chi connectivity index (χ3n) is 5.11. The van der Waals surface area contributed by atoms with Gasteiger partial charge >= 0.3 is 0 Å². The Kier molecular flexibility index (Phi) is 7.23. The van der Waals surface area contributed by atoms with Crippen LogP contribution in [0.1, 0.15) is 30.6 Å². The van der Waals surface area contributed by atoms with Crippen LogP contribution in [-0.4, -0.2) is 41.2 Å². The highest BCUT2D eigenvalue weighted by Crippen LogP contribution is 2.21. The Morgan fingerprint density at radius 3 is 2.59 bits per heavy atom. The highest BCUT2D eigenvalue weighted by Gasteiger charge is 2.30. The molecule has 1 fully saturated rings. The molecule has 2 aromatic rings. The van der Waals surface area contributed by atoms with Crippen LogP contribution in [-0.2, 0) is 16.1 Å². The number of carbonyl (C=O) groups excluding carboxylic acids is 2. The Morgan fingerprint density at radius 1 is 1.17 bits per heavy atom. The first-order chi connectivity index (χ1) is 14.2. The van der Waals surface area contributed by atoms with E-state index in [9.17, 15) is 9.59 Å². The molecule has 0 unspecified atom stereocenters. The fourth-order valence-corrected chi connectivity index (χ4v) is 3.48. The van der Waals surface area contributed by atoms with Gasteiger partial charge in [0.25, 0.3) is 0 Å². The SMILES string of the molecule is N#CCCN(Cc1ccco1)C(=O)C1CCN(C(=O)C=Cc2ccccc2)CC1. The summed E-state index contributed by atoms with van der Waals surface area (Å²) in [5, 5.41) is 8.90. The Bertz CT molecular complexity index is 861. The third kappa shape index (κ3) is 5.82. The highest BCUT2D eigenvalue weighted by molar-refractivity contribution is 5.92. The molecular formula is C23H25N3O3. The zero-order valence-corrected chi connectivity index (χ0v) is 16.4. The van der Waals surface area contributed by atoms with Crippen molar-refractivity contribution in [3.63, 3.8) is 0 Å². The van der Waals surface area contributed by atoms with Gasteiger partial charge in [-0.25, -0.2) is 0 Å². The van der Waals surface area contributed by atoms with Gasteiger partial charge in [0.2, 0.25) is 11.8 Å². The Balaban J connectivity index is 1.54. The van der Waals surface area contributed by atoms with E-state index in [4.69, 9.17) is 9.68 Å². The van der Waals surface area contributed by atoms with Gasteiger partial charge in [-0.3, -0.25) is 9.59 Å². The Morgan fingerprint density at radius 2 is 1.93 bits per heavy atom. The number of benzene rings is 1. The average molecular weight is 391 g/mol. The minimum Gasteiger partial charge on any atom is -0.467 e. The van der Waals surface area contributed by atoms with Gasteiger partial charge in [-0.15, -0.1) is 0 Å². The molecule has 1 aromatic heterocycles. The molecule has 0 spiro atoms. The van der Waals surface area contributed by atoms with Crippen molar-refractivity contribution in [3.8, 4) is 6.07 Å². The number of amides is 2. The van der Waals surface area contributed by atoms with Crippen LogP contribution < -0.4 is 0 Å². The predicted molar refractivity (Wildman–Crippen MR) is 109 cm³/mol. The van der Waals surface area contributed by atoms with Gasteiger partial charge in [0.15, 0.2) is 0 Å². The molecule has 1 saturated heterocycles. The second-order valence-corrected chi connectivity index (χ2v) is 7.09. The minimum absolute atomic E-state index is 0.0309. The third-order valence-corrected chi connectivity index (χ3v) is 5.11. The van der Waals surface area contributed by atoms with Crippen LogP contribution in [0, 0.1) is 17.2 Å². The number of rotatable bonds is 7. The molecule has 1 aliphatic rings. The lowest BCUT2D eigenvalue weighted by atomic mass is 9.95. The summed E-state index contributed by atoms with van der Waals surface area (Å²) >= 11 is 0. The van der Waals surface area contributed by atoms with Crippen molar-refractivity contribution in [1.82, 2.24) is 9.80 Å². The molecule has 2 heterocycles. The molecule has 0 atom stereocenters. The quantitative estimate of drug-likeness (QED) is 0.677. The number of furan rings is 1. The van der Waals surface area contributed by atoms with Crippen LogP contribution in [0.15, 0.2) is 59.2 Å². The maximum Gasteiger partial charge on any atom is 0.246 e. The van der Waals surface area contributed by atoms with E-state index in [1.807, 2.05) is 42.5 Å². The summed E-state index contributed by atoms with van der Waals surface area (Å²) in [6, 6.07) is 15.4. The molecule has 0 saturated carbocycles. The van der Waals surface area contributed by atoms with Crippen molar-refractivity contribution in [3.05, 3.63) is 66.1 Å². The standard InChI is InChI=1S/C23H25N3O3/c24-13-5-14-26(18-21-8-4-17-29-21)23(28)20-11-15-25(16-12-20)22(27)10-9-19-6-2-1-3-7-19/h1-4,6-10,17,20H,5,11-12,14-16,18H2. The van der Waals surface area contributed by atoms with Gasteiger partial charge < -0.3 is 14.2 Å². The number of piperidine rings is 1. The number of hydrogen-bond acceptors (Lipinski definition) is 4. The van der Waals surface area contributed by atoms with E-state index in [0.717, 1.165) is 5.56 Å². The Hall–Kier alpha value is -3.33. The number of nitriles is 1. The average Bonchev–Trinajstić information content (AvgIpc) is 3.28. The van der Waals surface area contributed by atoms with E-state index in [-0.39, 0.29) is 24.2 Å². The highest BCUT2D eigenvalue weighted by atomic mass is 16.3.